The maximum Gasteiger partial charge on any atom is 0.313 e. The highest BCUT2D eigenvalue weighted by molar-refractivity contribution is 6.30. The van der Waals surface area contributed by atoms with Crippen LogP contribution in [-0.4, -0.2) is 24.6 Å². The molecule has 2 aromatic carbocycles. The number of amides is 1. The molecule has 0 spiro atoms. The fourth-order valence-corrected chi connectivity index (χ4v) is 2.85. The molecule has 8 heteroatoms. The highest BCUT2D eigenvalue weighted by Gasteiger charge is 2.30. The first-order chi connectivity index (χ1) is 12.8. The van der Waals surface area contributed by atoms with Crippen LogP contribution in [0.25, 0.3) is 0 Å². The van der Waals surface area contributed by atoms with Crippen molar-refractivity contribution in [2.45, 2.75) is 19.4 Å². The fourth-order valence-electron chi connectivity index (χ4n) is 2.66. The van der Waals surface area contributed by atoms with Crippen molar-refractivity contribution >= 4 is 29.2 Å². The highest BCUT2D eigenvalue weighted by Crippen LogP contribution is 2.30. The zero-order valence-electron chi connectivity index (χ0n) is 14.3. The molecule has 0 saturated carbocycles. The van der Waals surface area contributed by atoms with Crippen LogP contribution in [0, 0.1) is 17.6 Å². The Morgan fingerprint density at radius 2 is 2.00 bits per heavy atom. The second kappa shape index (κ2) is 7.92. The molecule has 1 aliphatic heterocycles. The number of esters is 1. The number of benzene rings is 2. The Labute approximate surface area is 159 Å². The van der Waals surface area contributed by atoms with Gasteiger partial charge in [-0.05, 0) is 49.2 Å². The summed E-state index contributed by atoms with van der Waals surface area (Å²) in [5, 5.41) is 2.90. The van der Waals surface area contributed by atoms with Crippen molar-refractivity contribution in [1.82, 2.24) is 0 Å². The highest BCUT2D eigenvalue weighted by atomic mass is 35.5. The Balaban J connectivity index is 1.58. The van der Waals surface area contributed by atoms with Gasteiger partial charge in [-0.3, -0.25) is 9.59 Å². The molecule has 3 rings (SSSR count). The van der Waals surface area contributed by atoms with Crippen molar-refractivity contribution in [3.05, 3.63) is 58.6 Å². The summed E-state index contributed by atoms with van der Waals surface area (Å²) in [4.78, 5) is 24.5. The van der Waals surface area contributed by atoms with Crippen LogP contribution in [-0.2, 0) is 20.7 Å². The number of rotatable bonds is 4. The zero-order chi connectivity index (χ0) is 19.6. The second-order valence-corrected chi connectivity index (χ2v) is 6.60. The predicted octanol–water partition coefficient (Wildman–Crippen LogP) is 3.74. The average molecular weight is 396 g/mol. The smallest absolute Gasteiger partial charge is 0.313 e. The molecule has 0 aromatic heterocycles. The lowest BCUT2D eigenvalue weighted by Crippen LogP contribution is -2.36. The van der Waals surface area contributed by atoms with Crippen molar-refractivity contribution in [3.8, 4) is 5.75 Å². The SMILES string of the molecule is C[C@H](OC(=O)[C@H]1COc2ccc(Cl)cc2C1)C(=O)Nc1ccc(F)c(F)c1. The number of carbonyl (C=O) groups is 2. The molecule has 1 amide bonds. The lowest BCUT2D eigenvalue weighted by Gasteiger charge is -2.25. The van der Waals surface area contributed by atoms with E-state index in [1.807, 2.05) is 0 Å². The minimum atomic E-state index is -1.12. The molecule has 2 aromatic rings. The third-order valence-corrected chi connectivity index (χ3v) is 4.35. The van der Waals surface area contributed by atoms with Crippen LogP contribution in [0.4, 0.5) is 14.5 Å². The number of fused-ring (bicyclic) bond motifs is 1. The molecule has 1 heterocycles. The van der Waals surface area contributed by atoms with Crippen molar-refractivity contribution in [2.75, 3.05) is 11.9 Å². The Kier molecular flexibility index (Phi) is 5.60. The van der Waals surface area contributed by atoms with E-state index >= 15 is 0 Å². The Morgan fingerprint density at radius 1 is 1.22 bits per heavy atom. The summed E-state index contributed by atoms with van der Waals surface area (Å²) in [5.41, 5.74) is 0.848. The number of hydrogen-bond donors (Lipinski definition) is 1. The first-order valence-electron chi connectivity index (χ1n) is 8.21. The van der Waals surface area contributed by atoms with Crippen molar-refractivity contribution in [1.29, 1.82) is 0 Å². The molecular formula is C19H16ClF2NO4. The molecule has 2 atom stereocenters. The van der Waals surface area contributed by atoms with Crippen LogP contribution in [0.5, 0.6) is 5.75 Å². The van der Waals surface area contributed by atoms with Crippen LogP contribution in [0.15, 0.2) is 36.4 Å². The summed E-state index contributed by atoms with van der Waals surface area (Å²) in [6, 6.07) is 8.10. The number of anilines is 1. The third kappa shape index (κ3) is 4.54. The third-order valence-electron chi connectivity index (χ3n) is 4.11. The van der Waals surface area contributed by atoms with Crippen LogP contribution >= 0.6 is 11.6 Å². The molecule has 142 valence electrons. The van der Waals surface area contributed by atoms with Gasteiger partial charge in [0.15, 0.2) is 17.7 Å². The number of hydrogen-bond acceptors (Lipinski definition) is 4. The van der Waals surface area contributed by atoms with Crippen molar-refractivity contribution in [2.24, 2.45) is 5.92 Å². The van der Waals surface area contributed by atoms with E-state index < -0.39 is 35.5 Å². The normalized spacial score (nSPS) is 16.7. The van der Waals surface area contributed by atoms with Crippen LogP contribution < -0.4 is 10.1 Å². The molecule has 1 N–H and O–H groups in total. The Hall–Kier alpha value is -2.67. The summed E-state index contributed by atoms with van der Waals surface area (Å²) in [5.74, 6) is -3.27. The number of carbonyl (C=O) groups excluding carboxylic acids is 2. The maximum absolute atomic E-state index is 13.2. The number of nitrogens with one attached hydrogen (secondary N) is 1. The largest absolute Gasteiger partial charge is 0.492 e. The molecule has 5 nitrogen and oxygen atoms in total. The van der Waals surface area contributed by atoms with Gasteiger partial charge in [0.05, 0.1) is 5.92 Å². The number of ether oxygens (including phenoxy) is 2. The van der Waals surface area contributed by atoms with Gasteiger partial charge in [-0.25, -0.2) is 8.78 Å². The van der Waals surface area contributed by atoms with E-state index in [-0.39, 0.29) is 12.3 Å². The standard InChI is InChI=1S/C19H16ClF2NO4/c1-10(18(24)23-14-3-4-15(21)16(22)8-14)27-19(25)12-6-11-7-13(20)2-5-17(11)26-9-12/h2-5,7-8,10,12H,6,9H2,1H3,(H,23,24)/t10-,12+/m0/s1. The molecule has 0 unspecified atom stereocenters. The average Bonchev–Trinajstić information content (AvgIpc) is 2.64. The molecule has 27 heavy (non-hydrogen) atoms. The quantitative estimate of drug-likeness (QED) is 0.801. The first kappa shape index (κ1) is 19.1. The van der Waals surface area contributed by atoms with E-state index in [1.165, 1.54) is 13.0 Å². The van der Waals surface area contributed by atoms with Gasteiger partial charge >= 0.3 is 5.97 Å². The van der Waals surface area contributed by atoms with E-state index in [4.69, 9.17) is 21.1 Å². The first-order valence-corrected chi connectivity index (χ1v) is 8.59. The van der Waals surface area contributed by atoms with Crippen LogP contribution in [0.1, 0.15) is 12.5 Å². The summed E-state index contributed by atoms with van der Waals surface area (Å²) in [7, 11) is 0. The topological polar surface area (TPSA) is 64.6 Å². The molecule has 0 fully saturated rings. The lowest BCUT2D eigenvalue weighted by atomic mass is 9.97. The van der Waals surface area contributed by atoms with Crippen LogP contribution in [0.2, 0.25) is 5.02 Å². The van der Waals surface area contributed by atoms with E-state index in [0.717, 1.165) is 17.7 Å². The van der Waals surface area contributed by atoms with Crippen molar-refractivity contribution < 1.29 is 27.8 Å². The molecule has 1 aliphatic rings. The predicted molar refractivity (Wildman–Crippen MR) is 94.7 cm³/mol. The van der Waals surface area contributed by atoms with Gasteiger partial charge in [0.2, 0.25) is 0 Å². The van der Waals surface area contributed by atoms with Gasteiger partial charge in [0.25, 0.3) is 5.91 Å². The summed E-state index contributed by atoms with van der Waals surface area (Å²) in [6.45, 7) is 1.52. The van der Waals surface area contributed by atoms with E-state index in [2.05, 4.69) is 5.32 Å². The lowest BCUT2D eigenvalue weighted by molar-refractivity contribution is -0.158. The second-order valence-electron chi connectivity index (χ2n) is 6.16. The summed E-state index contributed by atoms with van der Waals surface area (Å²) >= 11 is 5.95. The molecule has 0 aliphatic carbocycles. The monoisotopic (exact) mass is 395 g/mol. The molecular weight excluding hydrogens is 380 g/mol. The molecule has 0 saturated heterocycles. The molecule has 0 bridgehead atoms. The number of halogens is 3. The van der Waals surface area contributed by atoms with E-state index in [0.29, 0.717) is 17.2 Å². The van der Waals surface area contributed by atoms with Gasteiger partial charge in [-0.1, -0.05) is 11.6 Å². The van der Waals surface area contributed by atoms with Gasteiger partial charge in [-0.2, -0.15) is 0 Å². The van der Waals surface area contributed by atoms with Gasteiger partial charge in [-0.15, -0.1) is 0 Å². The van der Waals surface area contributed by atoms with Crippen molar-refractivity contribution in [3.63, 3.8) is 0 Å². The van der Waals surface area contributed by atoms with Gasteiger partial charge < -0.3 is 14.8 Å². The maximum atomic E-state index is 13.2. The minimum Gasteiger partial charge on any atom is -0.492 e. The fraction of sp³-hybridized carbons (Fsp3) is 0.263. The molecule has 0 radical (unpaired) electrons. The van der Waals surface area contributed by atoms with E-state index in [9.17, 15) is 18.4 Å². The minimum absolute atomic E-state index is 0.0615. The van der Waals surface area contributed by atoms with E-state index in [1.54, 1.807) is 18.2 Å². The van der Waals surface area contributed by atoms with Crippen LogP contribution in [0.3, 0.4) is 0 Å². The summed E-state index contributed by atoms with van der Waals surface area (Å²) < 4.78 is 36.9. The Bertz CT molecular complexity index is 890. The Morgan fingerprint density at radius 3 is 2.74 bits per heavy atom. The van der Waals surface area contributed by atoms with Gasteiger partial charge in [0.1, 0.15) is 12.4 Å². The zero-order valence-corrected chi connectivity index (χ0v) is 15.1. The summed E-state index contributed by atoms with van der Waals surface area (Å²) in [6.07, 6.45) is -0.738. The van der Waals surface area contributed by atoms with Gasteiger partial charge in [0, 0.05) is 16.8 Å².